The van der Waals surface area contributed by atoms with Crippen LogP contribution in [0.3, 0.4) is 0 Å². The van der Waals surface area contributed by atoms with E-state index in [1.54, 1.807) is 7.11 Å². The Kier molecular flexibility index (Phi) is 7.50. The van der Waals surface area contributed by atoms with Gasteiger partial charge in [0.05, 0.1) is 0 Å². The van der Waals surface area contributed by atoms with Crippen LogP contribution >= 0.6 is 12.2 Å². The number of thiocarbonyl (C=S) groups is 1. The summed E-state index contributed by atoms with van der Waals surface area (Å²) in [6, 6.07) is 0.530. The van der Waals surface area contributed by atoms with Gasteiger partial charge in [-0.25, -0.2) is 0 Å². The molecule has 1 saturated heterocycles. The van der Waals surface area contributed by atoms with Crippen molar-refractivity contribution >= 4 is 17.3 Å². The third-order valence-corrected chi connectivity index (χ3v) is 3.58. The Morgan fingerprint density at radius 1 is 1.33 bits per heavy atom. The number of hydrogen-bond acceptors (Lipinski definition) is 4. The summed E-state index contributed by atoms with van der Waals surface area (Å²) in [5.74, 6) is 0. The third kappa shape index (κ3) is 5.95. The fourth-order valence-electron chi connectivity index (χ4n) is 2.01. The molecule has 0 aromatic rings. The normalized spacial score (nSPS) is 21.8. The number of methoxy groups -OCH3 is 1. The molecule has 18 heavy (non-hydrogen) atoms. The van der Waals surface area contributed by atoms with Crippen molar-refractivity contribution in [3.8, 4) is 0 Å². The number of nitrogens with one attached hydrogen (secondary N) is 2. The highest BCUT2D eigenvalue weighted by molar-refractivity contribution is 7.80. The van der Waals surface area contributed by atoms with Crippen LogP contribution in [0.5, 0.6) is 0 Å². The van der Waals surface area contributed by atoms with Crippen molar-refractivity contribution in [3.05, 3.63) is 0 Å². The monoisotopic (exact) mass is 274 g/mol. The summed E-state index contributed by atoms with van der Waals surface area (Å²) in [5.41, 5.74) is 0. The zero-order valence-corrected chi connectivity index (χ0v) is 12.6. The van der Waals surface area contributed by atoms with Crippen molar-refractivity contribution in [3.63, 3.8) is 0 Å². The molecule has 2 N–H and O–H groups in total. The van der Waals surface area contributed by atoms with Crippen LogP contribution in [0, 0.1) is 0 Å². The molecule has 1 heterocycles. The van der Waals surface area contributed by atoms with Crippen molar-refractivity contribution in [1.82, 2.24) is 20.4 Å². The van der Waals surface area contributed by atoms with Gasteiger partial charge in [0.25, 0.3) is 0 Å². The Bertz CT molecular complexity index is 252. The molecule has 1 aliphatic rings. The second-order valence-electron chi connectivity index (χ2n) is 4.88. The second kappa shape index (κ2) is 8.63. The minimum Gasteiger partial charge on any atom is -0.385 e. The predicted octanol–water partition coefficient (Wildman–Crippen LogP) is -0.267. The van der Waals surface area contributed by atoms with E-state index in [0.717, 1.165) is 50.9 Å². The number of piperazine rings is 1. The van der Waals surface area contributed by atoms with Crippen molar-refractivity contribution in [2.24, 2.45) is 0 Å². The Hall–Kier alpha value is -0.430. The molecule has 0 aromatic heterocycles. The first kappa shape index (κ1) is 15.6. The Labute approximate surface area is 116 Å². The summed E-state index contributed by atoms with van der Waals surface area (Å²) in [4.78, 5) is 4.75. The highest BCUT2D eigenvalue weighted by atomic mass is 32.1. The van der Waals surface area contributed by atoms with Crippen LogP contribution in [0.1, 0.15) is 6.42 Å². The number of hydrogen-bond donors (Lipinski definition) is 2. The van der Waals surface area contributed by atoms with Crippen LogP contribution in [0.4, 0.5) is 0 Å². The maximum atomic E-state index is 5.25. The highest BCUT2D eigenvalue weighted by Gasteiger charge is 2.21. The smallest absolute Gasteiger partial charge is 0.166 e. The van der Waals surface area contributed by atoms with E-state index in [0.29, 0.717) is 6.04 Å². The van der Waals surface area contributed by atoms with Gasteiger partial charge >= 0.3 is 0 Å². The van der Waals surface area contributed by atoms with Crippen LogP contribution in [-0.2, 0) is 4.74 Å². The molecule has 0 spiro atoms. The summed E-state index contributed by atoms with van der Waals surface area (Å²) < 4.78 is 4.99. The van der Waals surface area contributed by atoms with Gasteiger partial charge in [-0.3, -0.25) is 4.90 Å². The van der Waals surface area contributed by atoms with Crippen molar-refractivity contribution in [1.29, 1.82) is 0 Å². The number of nitrogens with zero attached hydrogens (tertiary/aromatic N) is 2. The lowest BCUT2D eigenvalue weighted by molar-refractivity contribution is 0.116. The van der Waals surface area contributed by atoms with Gasteiger partial charge in [0.15, 0.2) is 5.11 Å². The zero-order valence-electron chi connectivity index (χ0n) is 11.7. The van der Waals surface area contributed by atoms with Gasteiger partial charge in [0.1, 0.15) is 0 Å². The number of rotatable bonds is 6. The third-order valence-electron chi connectivity index (χ3n) is 3.29. The van der Waals surface area contributed by atoms with E-state index in [4.69, 9.17) is 17.0 Å². The summed E-state index contributed by atoms with van der Waals surface area (Å²) >= 11 is 5.25. The lowest BCUT2D eigenvalue weighted by Gasteiger charge is -2.37. The molecule has 0 radical (unpaired) electrons. The number of ether oxygens (including phenoxy) is 1. The van der Waals surface area contributed by atoms with Gasteiger partial charge in [0, 0.05) is 52.5 Å². The average Bonchev–Trinajstić information content (AvgIpc) is 2.36. The largest absolute Gasteiger partial charge is 0.385 e. The minimum absolute atomic E-state index is 0.530. The van der Waals surface area contributed by atoms with E-state index in [1.807, 2.05) is 0 Å². The Balaban J connectivity index is 2.13. The maximum absolute atomic E-state index is 5.25. The van der Waals surface area contributed by atoms with E-state index in [1.165, 1.54) is 0 Å². The number of likely N-dealkylation sites (N-methyl/N-ethyl adjacent to an activating group) is 2. The van der Waals surface area contributed by atoms with Crippen LogP contribution in [-0.4, -0.2) is 81.5 Å². The molecule has 0 bridgehead atoms. The Morgan fingerprint density at radius 2 is 2.11 bits per heavy atom. The SMILES string of the molecule is COCCCNC(=S)NCC1CN(C)CCN1C. The van der Waals surface area contributed by atoms with Crippen molar-refractivity contribution in [2.75, 3.05) is 60.5 Å². The molecule has 5 nitrogen and oxygen atoms in total. The lowest BCUT2D eigenvalue weighted by atomic mass is 10.2. The second-order valence-corrected chi connectivity index (χ2v) is 5.29. The van der Waals surface area contributed by atoms with Crippen LogP contribution in [0.15, 0.2) is 0 Å². The molecule has 1 aliphatic heterocycles. The van der Waals surface area contributed by atoms with E-state index in [2.05, 4.69) is 34.5 Å². The first-order valence-corrected chi connectivity index (χ1v) is 6.93. The van der Waals surface area contributed by atoms with Gasteiger partial charge in [0.2, 0.25) is 0 Å². The molecule has 0 aromatic carbocycles. The van der Waals surface area contributed by atoms with Crippen molar-refractivity contribution in [2.45, 2.75) is 12.5 Å². The molecule has 1 fully saturated rings. The topological polar surface area (TPSA) is 39.8 Å². The summed E-state index contributed by atoms with van der Waals surface area (Å²) in [6.07, 6.45) is 0.977. The maximum Gasteiger partial charge on any atom is 0.166 e. The molecular weight excluding hydrogens is 248 g/mol. The molecule has 0 amide bonds. The van der Waals surface area contributed by atoms with E-state index >= 15 is 0 Å². The van der Waals surface area contributed by atoms with Gasteiger partial charge in [-0.15, -0.1) is 0 Å². The van der Waals surface area contributed by atoms with Crippen LogP contribution in [0.2, 0.25) is 0 Å². The van der Waals surface area contributed by atoms with Gasteiger partial charge in [-0.2, -0.15) is 0 Å². The van der Waals surface area contributed by atoms with Crippen LogP contribution in [0.25, 0.3) is 0 Å². The Morgan fingerprint density at radius 3 is 2.83 bits per heavy atom. The van der Waals surface area contributed by atoms with E-state index < -0.39 is 0 Å². The summed E-state index contributed by atoms with van der Waals surface area (Å²) in [6.45, 7) is 5.89. The van der Waals surface area contributed by atoms with Crippen molar-refractivity contribution < 1.29 is 4.74 Å². The molecule has 1 atom stereocenters. The quantitative estimate of drug-likeness (QED) is 0.513. The van der Waals surface area contributed by atoms with E-state index in [-0.39, 0.29) is 0 Å². The lowest BCUT2D eigenvalue weighted by Crippen LogP contribution is -2.55. The van der Waals surface area contributed by atoms with E-state index in [9.17, 15) is 0 Å². The highest BCUT2D eigenvalue weighted by Crippen LogP contribution is 2.04. The summed E-state index contributed by atoms with van der Waals surface area (Å²) in [5, 5.41) is 7.23. The molecule has 0 saturated carbocycles. The van der Waals surface area contributed by atoms with Gasteiger partial charge < -0.3 is 20.3 Å². The molecule has 106 valence electrons. The fraction of sp³-hybridized carbons (Fsp3) is 0.917. The average molecular weight is 274 g/mol. The summed E-state index contributed by atoms with van der Waals surface area (Å²) in [7, 11) is 6.06. The zero-order chi connectivity index (χ0) is 13.4. The molecular formula is C12H26N4OS. The fourth-order valence-corrected chi connectivity index (χ4v) is 2.20. The standard InChI is InChI=1S/C12H26N4OS/c1-15-6-7-16(2)11(10-15)9-14-12(18)13-5-4-8-17-3/h11H,4-10H2,1-3H3,(H2,13,14,18). The predicted molar refractivity (Wildman–Crippen MR) is 79.0 cm³/mol. The molecule has 0 aliphatic carbocycles. The van der Waals surface area contributed by atoms with Crippen LogP contribution < -0.4 is 10.6 Å². The minimum atomic E-state index is 0.530. The first-order valence-electron chi connectivity index (χ1n) is 6.53. The van der Waals surface area contributed by atoms with Gasteiger partial charge in [-0.05, 0) is 32.7 Å². The first-order chi connectivity index (χ1) is 8.63. The molecule has 1 unspecified atom stereocenters. The molecule has 1 rings (SSSR count). The molecule has 6 heteroatoms. The van der Waals surface area contributed by atoms with Gasteiger partial charge in [-0.1, -0.05) is 0 Å².